The minimum absolute atomic E-state index is 0.0836. The molecule has 1 aliphatic carbocycles. The highest BCUT2D eigenvalue weighted by Gasteiger charge is 2.39. The van der Waals surface area contributed by atoms with E-state index in [4.69, 9.17) is 11.6 Å². The largest absolute Gasteiger partial charge is 0.478 e. The van der Waals surface area contributed by atoms with Crippen LogP contribution in [-0.4, -0.2) is 11.1 Å². The van der Waals surface area contributed by atoms with E-state index in [2.05, 4.69) is 17.5 Å². The Morgan fingerprint density at radius 3 is 2.70 bits per heavy atom. The molecule has 2 aromatic rings. The number of nitrogens with one attached hydrogen (secondary N) is 1. The van der Waals surface area contributed by atoms with Gasteiger partial charge in [0.25, 0.3) is 0 Å². The van der Waals surface area contributed by atoms with Crippen molar-refractivity contribution in [1.29, 1.82) is 0 Å². The van der Waals surface area contributed by atoms with Crippen molar-refractivity contribution in [2.75, 3.05) is 5.32 Å². The van der Waals surface area contributed by atoms with Gasteiger partial charge in [0.05, 0.1) is 17.3 Å². The predicted octanol–water partition coefficient (Wildman–Crippen LogP) is 4.86. The first-order chi connectivity index (χ1) is 11.1. The molecule has 0 saturated heterocycles. The Kier molecular flexibility index (Phi) is 3.38. The second-order valence-electron chi connectivity index (χ2n) is 6.10. The third-order valence-electron chi connectivity index (χ3n) is 4.86. The van der Waals surface area contributed by atoms with Gasteiger partial charge in [-0.25, -0.2) is 4.79 Å². The highest BCUT2D eigenvalue weighted by atomic mass is 35.5. The van der Waals surface area contributed by atoms with Gasteiger partial charge in [0.15, 0.2) is 0 Å². The topological polar surface area (TPSA) is 49.3 Å². The molecule has 2 aromatic carbocycles. The lowest BCUT2D eigenvalue weighted by atomic mass is 9.76. The molecular weight excluding hydrogens is 310 g/mol. The Labute approximate surface area is 139 Å². The van der Waals surface area contributed by atoms with Crippen LogP contribution in [0.15, 0.2) is 54.6 Å². The van der Waals surface area contributed by atoms with Crippen LogP contribution in [0, 0.1) is 5.92 Å². The van der Waals surface area contributed by atoms with E-state index >= 15 is 0 Å². The minimum Gasteiger partial charge on any atom is -0.478 e. The zero-order valence-corrected chi connectivity index (χ0v) is 13.1. The van der Waals surface area contributed by atoms with Crippen LogP contribution >= 0.6 is 11.6 Å². The van der Waals surface area contributed by atoms with E-state index in [9.17, 15) is 9.90 Å². The number of halogens is 1. The third kappa shape index (κ3) is 2.32. The summed E-state index contributed by atoms with van der Waals surface area (Å²) in [4.78, 5) is 11.6. The van der Waals surface area contributed by atoms with Crippen LogP contribution in [0.4, 0.5) is 5.69 Å². The average Bonchev–Trinajstić information content (AvgIpc) is 3.04. The van der Waals surface area contributed by atoms with Gasteiger partial charge in [-0.3, -0.25) is 0 Å². The summed E-state index contributed by atoms with van der Waals surface area (Å²) in [5.74, 6) is -0.247. The van der Waals surface area contributed by atoms with E-state index in [1.807, 2.05) is 36.4 Å². The molecule has 3 nitrogen and oxygen atoms in total. The average molecular weight is 326 g/mol. The summed E-state index contributed by atoms with van der Waals surface area (Å²) in [7, 11) is 0. The lowest BCUT2D eigenvalue weighted by Crippen LogP contribution is -2.30. The van der Waals surface area contributed by atoms with Crippen LogP contribution in [0.2, 0.25) is 5.02 Å². The number of para-hydroxylation sites is 1. The van der Waals surface area contributed by atoms with Gasteiger partial charge in [-0.15, -0.1) is 0 Å². The molecule has 23 heavy (non-hydrogen) atoms. The third-order valence-corrected chi connectivity index (χ3v) is 5.11. The van der Waals surface area contributed by atoms with Crippen molar-refractivity contribution < 1.29 is 9.90 Å². The van der Waals surface area contributed by atoms with Gasteiger partial charge in [-0.1, -0.05) is 48.0 Å². The molecule has 0 spiro atoms. The molecule has 3 atom stereocenters. The molecule has 1 heterocycles. The van der Waals surface area contributed by atoms with Crippen LogP contribution < -0.4 is 5.32 Å². The first-order valence-corrected chi connectivity index (χ1v) is 8.08. The van der Waals surface area contributed by atoms with Gasteiger partial charge >= 0.3 is 5.97 Å². The van der Waals surface area contributed by atoms with Crippen molar-refractivity contribution in [3.8, 4) is 0 Å². The summed E-state index contributed by atoms with van der Waals surface area (Å²) < 4.78 is 0. The van der Waals surface area contributed by atoms with E-state index in [0.29, 0.717) is 16.5 Å². The highest BCUT2D eigenvalue weighted by Crippen LogP contribution is 2.50. The summed E-state index contributed by atoms with van der Waals surface area (Å²) in [6, 6.07) is 13.4. The first-order valence-electron chi connectivity index (χ1n) is 7.70. The molecule has 1 aliphatic heterocycles. The van der Waals surface area contributed by atoms with Gasteiger partial charge in [0, 0.05) is 10.9 Å². The number of allylic oxidation sites excluding steroid dienone is 2. The molecule has 2 aliphatic rings. The normalized spacial score (nSPS) is 24.7. The quantitative estimate of drug-likeness (QED) is 0.775. The maximum absolute atomic E-state index is 11.6. The van der Waals surface area contributed by atoms with Gasteiger partial charge < -0.3 is 10.4 Å². The van der Waals surface area contributed by atoms with E-state index < -0.39 is 5.97 Å². The fourth-order valence-corrected chi connectivity index (χ4v) is 3.93. The van der Waals surface area contributed by atoms with E-state index in [1.165, 1.54) is 0 Å². The molecule has 0 saturated carbocycles. The number of aromatic carboxylic acids is 1. The molecular formula is C19H16ClNO2. The summed E-state index contributed by atoms with van der Waals surface area (Å²) in [6.07, 6.45) is 5.39. The zero-order valence-electron chi connectivity index (χ0n) is 12.4. The summed E-state index contributed by atoms with van der Waals surface area (Å²) >= 11 is 6.00. The van der Waals surface area contributed by atoms with Gasteiger partial charge in [0.1, 0.15) is 0 Å². The van der Waals surface area contributed by atoms with Gasteiger partial charge in [0.2, 0.25) is 0 Å². The number of hydrogen-bond donors (Lipinski definition) is 2. The van der Waals surface area contributed by atoms with Crippen LogP contribution in [0.25, 0.3) is 0 Å². The fourth-order valence-electron chi connectivity index (χ4n) is 3.80. The molecule has 4 heteroatoms. The van der Waals surface area contributed by atoms with Crippen LogP contribution in [0.1, 0.15) is 39.9 Å². The second kappa shape index (κ2) is 5.43. The Balaban J connectivity index is 1.83. The van der Waals surface area contributed by atoms with Gasteiger partial charge in [-0.2, -0.15) is 0 Å². The molecule has 0 aromatic heterocycles. The molecule has 2 N–H and O–H groups in total. The first kappa shape index (κ1) is 14.3. The second-order valence-corrected chi connectivity index (χ2v) is 6.54. The highest BCUT2D eigenvalue weighted by molar-refractivity contribution is 6.30. The van der Waals surface area contributed by atoms with Crippen LogP contribution in [-0.2, 0) is 0 Å². The molecule has 0 radical (unpaired) electrons. The summed E-state index contributed by atoms with van der Waals surface area (Å²) in [5, 5.41) is 13.7. The van der Waals surface area contributed by atoms with Crippen molar-refractivity contribution in [3.63, 3.8) is 0 Å². The Bertz CT molecular complexity index is 798. The van der Waals surface area contributed by atoms with Crippen LogP contribution in [0.5, 0.6) is 0 Å². The monoisotopic (exact) mass is 325 g/mol. The zero-order chi connectivity index (χ0) is 16.0. The molecule has 4 rings (SSSR count). The van der Waals surface area contributed by atoms with E-state index in [-0.39, 0.29) is 12.0 Å². The van der Waals surface area contributed by atoms with Crippen molar-refractivity contribution in [1.82, 2.24) is 0 Å². The van der Waals surface area contributed by atoms with Crippen molar-refractivity contribution in [2.24, 2.45) is 5.92 Å². The summed E-state index contributed by atoms with van der Waals surface area (Å²) in [6.45, 7) is 0. The van der Waals surface area contributed by atoms with E-state index in [0.717, 1.165) is 23.2 Å². The maximum Gasteiger partial charge on any atom is 0.337 e. The van der Waals surface area contributed by atoms with Gasteiger partial charge in [-0.05, 0) is 41.7 Å². The number of hydrogen-bond acceptors (Lipinski definition) is 2. The van der Waals surface area contributed by atoms with Crippen molar-refractivity contribution in [3.05, 3.63) is 76.3 Å². The van der Waals surface area contributed by atoms with Crippen molar-refractivity contribution >= 4 is 23.3 Å². The predicted molar refractivity (Wildman–Crippen MR) is 91.2 cm³/mol. The number of carboxylic acids is 1. The number of anilines is 1. The lowest BCUT2D eigenvalue weighted by molar-refractivity contribution is 0.0697. The Morgan fingerprint density at radius 1 is 1.17 bits per heavy atom. The van der Waals surface area contributed by atoms with Crippen molar-refractivity contribution in [2.45, 2.75) is 18.4 Å². The number of fused-ring (bicyclic) bond motifs is 3. The SMILES string of the molecule is O=C(O)c1cccc2c1N[C@H](c1ccc(Cl)cc1)[C@@H]1CC=C[C@@H]21. The molecule has 0 unspecified atom stereocenters. The Morgan fingerprint density at radius 2 is 1.96 bits per heavy atom. The molecule has 0 bridgehead atoms. The van der Waals surface area contributed by atoms with Crippen LogP contribution in [0.3, 0.4) is 0 Å². The van der Waals surface area contributed by atoms with E-state index in [1.54, 1.807) is 6.07 Å². The molecule has 116 valence electrons. The standard InChI is InChI=1S/C19H16ClNO2/c20-12-9-7-11(8-10-12)17-14-4-1-3-13(14)15-5-2-6-16(19(22)23)18(15)21-17/h1-3,5-10,13-14,17,21H,4H2,(H,22,23)/t13-,14-,17-/m1/s1. The number of carboxylic acid groups (broad SMARTS) is 1. The smallest absolute Gasteiger partial charge is 0.337 e. The fraction of sp³-hybridized carbons (Fsp3) is 0.211. The maximum atomic E-state index is 11.6. The molecule has 0 amide bonds. The number of rotatable bonds is 2. The molecule has 0 fully saturated rings. The minimum atomic E-state index is -0.898. The lowest BCUT2D eigenvalue weighted by Gasteiger charge is -2.38. The Hall–Kier alpha value is -2.26. The number of carbonyl (C=O) groups is 1. The summed E-state index contributed by atoms with van der Waals surface area (Å²) in [5.41, 5.74) is 3.29. The number of benzene rings is 2.